The number of aryl methyl sites for hydroxylation is 2. The second kappa shape index (κ2) is 9.26. The van der Waals surface area contributed by atoms with Gasteiger partial charge in [0.25, 0.3) is 0 Å². The van der Waals surface area contributed by atoms with Gasteiger partial charge in [0.1, 0.15) is 0 Å². The van der Waals surface area contributed by atoms with E-state index >= 15 is 0 Å². The summed E-state index contributed by atoms with van der Waals surface area (Å²) in [6.45, 7) is 3.50. The van der Waals surface area contributed by atoms with Crippen molar-refractivity contribution < 1.29 is 8.95 Å². The maximum atomic E-state index is 12.5. The minimum Gasteiger partial charge on any atom is -0.381 e. The minimum atomic E-state index is -1.09. The Balaban J connectivity index is 1.69. The molecule has 8 heteroatoms. The second-order valence-corrected chi connectivity index (χ2v) is 10.9. The summed E-state index contributed by atoms with van der Waals surface area (Å²) < 4.78 is 22.5. The van der Waals surface area contributed by atoms with Crippen LogP contribution in [-0.2, 0) is 22.6 Å². The third kappa shape index (κ3) is 3.85. The summed E-state index contributed by atoms with van der Waals surface area (Å²) in [5.74, 6) is 0.402. The van der Waals surface area contributed by atoms with Crippen LogP contribution in [0.5, 0.6) is 0 Å². The molecule has 4 heterocycles. The van der Waals surface area contributed by atoms with E-state index in [1.165, 1.54) is 5.56 Å². The van der Waals surface area contributed by atoms with Gasteiger partial charge in [-0.15, -0.1) is 5.10 Å². The van der Waals surface area contributed by atoms with Crippen LogP contribution in [-0.4, -0.2) is 48.2 Å². The predicted molar refractivity (Wildman–Crippen MR) is 142 cm³/mol. The van der Waals surface area contributed by atoms with Gasteiger partial charge in [0.05, 0.1) is 34.0 Å². The van der Waals surface area contributed by atoms with E-state index in [0.717, 1.165) is 69.8 Å². The molecule has 0 N–H and O–H groups in total. The number of rotatable bonds is 5. The van der Waals surface area contributed by atoms with Gasteiger partial charge in [-0.25, -0.2) is 4.68 Å². The predicted octanol–water partition coefficient (Wildman–Crippen LogP) is 5.05. The molecule has 2 aromatic carbocycles. The summed E-state index contributed by atoms with van der Waals surface area (Å²) in [5, 5.41) is 9.53. The van der Waals surface area contributed by atoms with Gasteiger partial charge in [0, 0.05) is 59.4 Å². The van der Waals surface area contributed by atoms with Crippen LogP contribution in [0.3, 0.4) is 0 Å². The molecule has 5 aromatic rings. The molecule has 0 radical (unpaired) electrons. The van der Waals surface area contributed by atoms with Crippen molar-refractivity contribution in [3.63, 3.8) is 0 Å². The number of benzene rings is 2. The first-order valence-electron chi connectivity index (χ1n) is 12.3. The molecule has 0 spiro atoms. The van der Waals surface area contributed by atoms with Gasteiger partial charge >= 0.3 is 0 Å². The maximum absolute atomic E-state index is 12.5. The molecule has 0 bridgehead atoms. The normalized spacial score (nSPS) is 16.5. The van der Waals surface area contributed by atoms with E-state index in [4.69, 9.17) is 9.72 Å². The summed E-state index contributed by atoms with van der Waals surface area (Å²) in [7, 11) is 0.824. The molecule has 0 amide bonds. The SMILES string of the molecule is Cc1nnn(C)c1-c1cnc2c3ccc(S(C)=O)cc3n(C(c3ccccc3)C3CCOCC3)c2c1. The van der Waals surface area contributed by atoms with Gasteiger partial charge in [-0.05, 0) is 55.5 Å². The van der Waals surface area contributed by atoms with Crippen LogP contribution in [0.25, 0.3) is 33.2 Å². The molecule has 1 saturated heterocycles. The van der Waals surface area contributed by atoms with Crippen LogP contribution in [0.4, 0.5) is 0 Å². The van der Waals surface area contributed by atoms with Gasteiger partial charge in [-0.3, -0.25) is 9.19 Å². The van der Waals surface area contributed by atoms with Crippen LogP contribution in [0.2, 0.25) is 0 Å². The zero-order chi connectivity index (χ0) is 24.8. The molecule has 1 fully saturated rings. The quantitative estimate of drug-likeness (QED) is 0.338. The highest BCUT2D eigenvalue weighted by molar-refractivity contribution is 7.84. The summed E-state index contributed by atoms with van der Waals surface area (Å²) in [5.41, 5.74) is 7.13. The number of fused-ring (bicyclic) bond motifs is 3. The molecule has 7 nitrogen and oxygen atoms in total. The highest BCUT2D eigenvalue weighted by atomic mass is 32.2. The fourth-order valence-corrected chi connectivity index (χ4v) is 6.20. The van der Waals surface area contributed by atoms with Crippen molar-refractivity contribution in [1.82, 2.24) is 24.5 Å². The molecule has 0 saturated carbocycles. The molecule has 1 aliphatic rings. The van der Waals surface area contributed by atoms with Crippen molar-refractivity contribution in [2.24, 2.45) is 13.0 Å². The summed E-state index contributed by atoms with van der Waals surface area (Å²) in [6.07, 6.45) is 5.61. The molecule has 1 aliphatic heterocycles. The molecule has 6 rings (SSSR count). The van der Waals surface area contributed by atoms with Crippen LogP contribution in [0.1, 0.15) is 30.1 Å². The number of nitrogens with zero attached hydrogens (tertiary/aromatic N) is 5. The van der Waals surface area contributed by atoms with Gasteiger partial charge in [-0.2, -0.15) is 0 Å². The smallest absolute Gasteiger partial charge is 0.0960 e. The van der Waals surface area contributed by atoms with E-state index < -0.39 is 10.8 Å². The van der Waals surface area contributed by atoms with Crippen LogP contribution < -0.4 is 0 Å². The number of hydrogen-bond acceptors (Lipinski definition) is 5. The average Bonchev–Trinajstić information content (AvgIpc) is 3.41. The summed E-state index contributed by atoms with van der Waals surface area (Å²) in [4.78, 5) is 5.79. The van der Waals surface area contributed by atoms with Crippen molar-refractivity contribution >= 4 is 32.7 Å². The highest BCUT2D eigenvalue weighted by Crippen LogP contribution is 2.41. The molecule has 36 heavy (non-hydrogen) atoms. The van der Waals surface area contributed by atoms with Crippen molar-refractivity contribution in [3.8, 4) is 11.3 Å². The lowest BCUT2D eigenvalue weighted by Gasteiger charge is -2.33. The molecule has 184 valence electrons. The van der Waals surface area contributed by atoms with Crippen LogP contribution in [0, 0.1) is 12.8 Å². The third-order valence-corrected chi connectivity index (χ3v) is 8.26. The van der Waals surface area contributed by atoms with Gasteiger partial charge < -0.3 is 9.30 Å². The van der Waals surface area contributed by atoms with Gasteiger partial charge in [-0.1, -0.05) is 35.5 Å². The Kier molecular flexibility index (Phi) is 5.93. The standard InChI is InChI=1S/C28H29N5O2S/c1-18-27(32(2)31-30-18)21-15-25-26(29-17-21)23-10-9-22(36(3)34)16-24(23)33(25)28(19-7-5-4-6-8-19)20-11-13-35-14-12-20/h4-10,15-17,20,28H,11-14H2,1-3H3. The Labute approximate surface area is 212 Å². The Hall–Kier alpha value is -3.36. The van der Waals surface area contributed by atoms with E-state index in [1.807, 2.05) is 26.2 Å². The van der Waals surface area contributed by atoms with E-state index in [0.29, 0.717) is 5.92 Å². The first-order valence-corrected chi connectivity index (χ1v) is 13.8. The Morgan fingerprint density at radius 3 is 2.53 bits per heavy atom. The van der Waals surface area contributed by atoms with E-state index in [-0.39, 0.29) is 6.04 Å². The Morgan fingerprint density at radius 1 is 1.06 bits per heavy atom. The Bertz CT molecular complexity index is 1560. The zero-order valence-electron chi connectivity index (χ0n) is 20.7. The monoisotopic (exact) mass is 499 g/mol. The largest absolute Gasteiger partial charge is 0.381 e. The first-order chi connectivity index (χ1) is 17.5. The molecule has 3 aromatic heterocycles. The third-order valence-electron chi connectivity index (χ3n) is 7.34. The first kappa shape index (κ1) is 23.1. The molecule has 2 atom stereocenters. The minimum absolute atomic E-state index is 0.0958. The van der Waals surface area contributed by atoms with Crippen LogP contribution >= 0.6 is 0 Å². The topological polar surface area (TPSA) is 74.8 Å². The van der Waals surface area contributed by atoms with E-state index in [2.05, 4.69) is 63.4 Å². The summed E-state index contributed by atoms with van der Waals surface area (Å²) >= 11 is 0. The van der Waals surface area contributed by atoms with E-state index in [1.54, 1.807) is 10.9 Å². The molecular weight excluding hydrogens is 470 g/mol. The highest BCUT2D eigenvalue weighted by Gasteiger charge is 2.30. The lowest BCUT2D eigenvalue weighted by atomic mass is 9.86. The number of ether oxygens (including phenoxy) is 1. The lowest BCUT2D eigenvalue weighted by Crippen LogP contribution is -2.26. The number of aromatic nitrogens is 5. The van der Waals surface area contributed by atoms with Crippen molar-refractivity contribution in [2.75, 3.05) is 19.5 Å². The van der Waals surface area contributed by atoms with Crippen molar-refractivity contribution in [1.29, 1.82) is 0 Å². The van der Waals surface area contributed by atoms with Crippen LogP contribution in [0.15, 0.2) is 65.7 Å². The number of pyridine rings is 1. The summed E-state index contributed by atoms with van der Waals surface area (Å²) in [6, 6.07) is 19.1. The van der Waals surface area contributed by atoms with Crippen molar-refractivity contribution in [3.05, 3.63) is 72.1 Å². The number of hydrogen-bond donors (Lipinski definition) is 0. The molecular formula is C28H29N5O2S. The fourth-order valence-electron chi connectivity index (χ4n) is 5.66. The second-order valence-electron chi connectivity index (χ2n) is 9.55. The molecule has 2 unspecified atom stereocenters. The maximum Gasteiger partial charge on any atom is 0.0960 e. The Morgan fingerprint density at radius 2 is 1.83 bits per heavy atom. The average molecular weight is 500 g/mol. The zero-order valence-corrected chi connectivity index (χ0v) is 21.5. The van der Waals surface area contributed by atoms with Crippen molar-refractivity contribution in [2.45, 2.75) is 30.7 Å². The lowest BCUT2D eigenvalue weighted by molar-refractivity contribution is 0.0553. The molecule has 0 aliphatic carbocycles. The van der Waals surface area contributed by atoms with E-state index in [9.17, 15) is 4.21 Å². The van der Waals surface area contributed by atoms with Gasteiger partial charge in [0.2, 0.25) is 0 Å². The van der Waals surface area contributed by atoms with Gasteiger partial charge in [0.15, 0.2) is 0 Å². The fraction of sp³-hybridized carbons (Fsp3) is 0.321.